The van der Waals surface area contributed by atoms with Gasteiger partial charge in [-0.05, 0) is 89.9 Å². The fourth-order valence-corrected chi connectivity index (χ4v) is 7.15. The van der Waals surface area contributed by atoms with Crippen LogP contribution in [0.4, 0.5) is 0 Å². The van der Waals surface area contributed by atoms with Crippen molar-refractivity contribution in [2.24, 2.45) is 0 Å². The SMILES string of the molecule is CC/C=C\C/C=C\C/C=C\C/C=C\C/C=C\CCCC(=O)OCC(COC(=O)CCCCCCCCCCCCCCCC)OC(=O)CCCCCCC/C=C\C/C=C\CCCCC. The summed E-state index contributed by atoms with van der Waals surface area (Å²) in [6.45, 7) is 6.44. The average Bonchev–Trinajstić information content (AvgIpc) is 3.29. The summed E-state index contributed by atoms with van der Waals surface area (Å²) in [7, 11) is 0. The minimum atomic E-state index is -0.805. The molecule has 0 rings (SSSR count). The smallest absolute Gasteiger partial charge is 0.306 e. The number of rotatable bonds is 47. The molecule has 0 saturated carbocycles. The Balaban J connectivity index is 4.49. The highest BCUT2D eigenvalue weighted by atomic mass is 16.6. The molecule has 0 aliphatic rings. The fourth-order valence-electron chi connectivity index (χ4n) is 7.15. The third-order valence-corrected chi connectivity index (χ3v) is 11.1. The largest absolute Gasteiger partial charge is 0.462 e. The average molecular weight is 891 g/mol. The Hall–Kier alpha value is -3.41. The Morgan fingerprint density at radius 3 is 1.05 bits per heavy atom. The van der Waals surface area contributed by atoms with Crippen LogP contribution in [0.1, 0.15) is 245 Å². The van der Waals surface area contributed by atoms with Crippen LogP contribution in [0.15, 0.2) is 85.1 Å². The Morgan fingerprint density at radius 1 is 0.328 bits per heavy atom. The molecule has 0 saturated heterocycles. The number of carbonyl (C=O) groups is 3. The molecular weight excluding hydrogens is 793 g/mol. The highest BCUT2D eigenvalue weighted by molar-refractivity contribution is 5.71. The van der Waals surface area contributed by atoms with Crippen LogP contribution >= 0.6 is 0 Å². The van der Waals surface area contributed by atoms with Crippen LogP contribution in [0, 0.1) is 0 Å². The minimum Gasteiger partial charge on any atom is -0.462 e. The highest BCUT2D eigenvalue weighted by Gasteiger charge is 2.19. The normalized spacial score (nSPS) is 12.7. The van der Waals surface area contributed by atoms with Gasteiger partial charge in [-0.25, -0.2) is 0 Å². The second-order valence-electron chi connectivity index (χ2n) is 17.4. The molecule has 0 spiro atoms. The van der Waals surface area contributed by atoms with Gasteiger partial charge in [0.15, 0.2) is 6.10 Å². The maximum atomic E-state index is 12.8. The van der Waals surface area contributed by atoms with Crippen molar-refractivity contribution in [3.63, 3.8) is 0 Å². The zero-order chi connectivity index (χ0) is 46.5. The van der Waals surface area contributed by atoms with Gasteiger partial charge in [-0.2, -0.15) is 0 Å². The van der Waals surface area contributed by atoms with Crippen LogP contribution in [0.25, 0.3) is 0 Å². The lowest BCUT2D eigenvalue weighted by molar-refractivity contribution is -0.167. The van der Waals surface area contributed by atoms with Gasteiger partial charge < -0.3 is 14.2 Å². The molecule has 1 unspecified atom stereocenters. The molecule has 1 atom stereocenters. The molecule has 6 nitrogen and oxygen atoms in total. The summed E-state index contributed by atoms with van der Waals surface area (Å²) in [6.07, 6.45) is 67.1. The van der Waals surface area contributed by atoms with Gasteiger partial charge in [0, 0.05) is 19.3 Å². The Morgan fingerprint density at radius 2 is 0.625 bits per heavy atom. The standard InChI is InChI=1S/C58H98O6/c1-4-7-10-13-16-19-22-25-28-29-31-33-36-39-42-45-48-51-57(60)63-54-55(53-62-56(59)50-47-44-41-38-35-32-27-24-21-18-15-12-9-6-3)64-58(61)52-49-46-43-40-37-34-30-26-23-20-17-14-11-8-5-2/h7,10,16-17,19-20,25-26,28,30-31,33,39,42,55H,4-6,8-9,11-15,18,21-24,27,29,32,34-38,40-41,43-54H2,1-3H3/b10-7-,19-16-,20-17-,28-25-,30-26-,33-31-,42-39-. The van der Waals surface area contributed by atoms with Crippen molar-refractivity contribution in [3.8, 4) is 0 Å². The number of carbonyl (C=O) groups excluding carboxylic acids is 3. The van der Waals surface area contributed by atoms with E-state index in [1.54, 1.807) is 0 Å². The van der Waals surface area contributed by atoms with Gasteiger partial charge in [-0.1, -0.05) is 221 Å². The third-order valence-electron chi connectivity index (χ3n) is 11.1. The molecule has 64 heavy (non-hydrogen) atoms. The number of hydrogen-bond donors (Lipinski definition) is 0. The lowest BCUT2D eigenvalue weighted by atomic mass is 10.0. The predicted octanol–water partition coefficient (Wildman–Crippen LogP) is 17.6. The van der Waals surface area contributed by atoms with Gasteiger partial charge in [0.1, 0.15) is 13.2 Å². The van der Waals surface area contributed by atoms with Gasteiger partial charge >= 0.3 is 17.9 Å². The molecule has 0 fully saturated rings. The summed E-state index contributed by atoms with van der Waals surface area (Å²) < 4.78 is 16.8. The molecule has 0 aromatic heterocycles. The summed E-state index contributed by atoms with van der Waals surface area (Å²) in [5.41, 5.74) is 0. The van der Waals surface area contributed by atoms with Gasteiger partial charge in [-0.3, -0.25) is 14.4 Å². The molecule has 0 radical (unpaired) electrons. The van der Waals surface area contributed by atoms with Crippen LogP contribution in [-0.4, -0.2) is 37.2 Å². The third kappa shape index (κ3) is 49.6. The van der Waals surface area contributed by atoms with Gasteiger partial charge in [0.2, 0.25) is 0 Å². The van der Waals surface area contributed by atoms with Crippen LogP contribution in [0.2, 0.25) is 0 Å². The van der Waals surface area contributed by atoms with Crippen molar-refractivity contribution in [2.75, 3.05) is 13.2 Å². The summed E-state index contributed by atoms with van der Waals surface area (Å²) >= 11 is 0. The molecule has 0 aromatic carbocycles. The Bertz CT molecular complexity index is 1250. The molecule has 366 valence electrons. The van der Waals surface area contributed by atoms with Crippen molar-refractivity contribution in [1.82, 2.24) is 0 Å². The fraction of sp³-hybridized carbons (Fsp3) is 0.707. The molecule has 0 aromatic rings. The van der Waals surface area contributed by atoms with E-state index in [-0.39, 0.29) is 37.5 Å². The Kier molecular flexibility index (Phi) is 49.4. The van der Waals surface area contributed by atoms with Crippen molar-refractivity contribution in [1.29, 1.82) is 0 Å². The highest BCUT2D eigenvalue weighted by Crippen LogP contribution is 2.15. The lowest BCUT2D eigenvalue weighted by Gasteiger charge is -2.18. The molecule has 6 heteroatoms. The van der Waals surface area contributed by atoms with Crippen molar-refractivity contribution in [2.45, 2.75) is 252 Å². The number of unbranched alkanes of at least 4 members (excludes halogenated alkanes) is 22. The topological polar surface area (TPSA) is 78.9 Å². The molecule has 0 aliphatic heterocycles. The Labute approximate surface area is 395 Å². The van der Waals surface area contributed by atoms with E-state index in [9.17, 15) is 14.4 Å². The maximum Gasteiger partial charge on any atom is 0.306 e. The number of allylic oxidation sites excluding steroid dienone is 14. The van der Waals surface area contributed by atoms with Gasteiger partial charge in [0.05, 0.1) is 0 Å². The molecule has 0 heterocycles. The monoisotopic (exact) mass is 891 g/mol. The molecule has 0 amide bonds. The van der Waals surface area contributed by atoms with Crippen LogP contribution in [0.3, 0.4) is 0 Å². The van der Waals surface area contributed by atoms with E-state index < -0.39 is 6.10 Å². The first-order chi connectivity index (χ1) is 31.5. The second kappa shape index (κ2) is 52.2. The van der Waals surface area contributed by atoms with E-state index in [1.807, 2.05) is 0 Å². The van der Waals surface area contributed by atoms with Crippen LogP contribution in [-0.2, 0) is 28.6 Å². The van der Waals surface area contributed by atoms with E-state index in [0.717, 1.165) is 103 Å². The van der Waals surface area contributed by atoms with E-state index in [1.165, 1.54) is 96.3 Å². The first-order valence-electron chi connectivity index (χ1n) is 26.6. The van der Waals surface area contributed by atoms with E-state index in [2.05, 4.69) is 106 Å². The van der Waals surface area contributed by atoms with E-state index in [4.69, 9.17) is 14.2 Å². The zero-order valence-electron chi connectivity index (χ0n) is 41.8. The number of esters is 3. The van der Waals surface area contributed by atoms with Crippen LogP contribution < -0.4 is 0 Å². The van der Waals surface area contributed by atoms with Gasteiger partial charge in [-0.15, -0.1) is 0 Å². The first-order valence-corrected chi connectivity index (χ1v) is 26.6. The van der Waals surface area contributed by atoms with E-state index >= 15 is 0 Å². The lowest BCUT2D eigenvalue weighted by Crippen LogP contribution is -2.30. The quantitative estimate of drug-likeness (QED) is 0.0262. The summed E-state index contributed by atoms with van der Waals surface area (Å²) in [5, 5.41) is 0. The van der Waals surface area contributed by atoms with Crippen molar-refractivity contribution in [3.05, 3.63) is 85.1 Å². The number of hydrogen-bond acceptors (Lipinski definition) is 6. The van der Waals surface area contributed by atoms with Crippen molar-refractivity contribution >= 4 is 17.9 Å². The molecule has 0 aliphatic carbocycles. The molecule has 0 bridgehead atoms. The maximum absolute atomic E-state index is 12.8. The predicted molar refractivity (Wildman–Crippen MR) is 274 cm³/mol. The molecular formula is C58H98O6. The van der Waals surface area contributed by atoms with E-state index in [0.29, 0.717) is 19.3 Å². The number of ether oxygens (including phenoxy) is 3. The van der Waals surface area contributed by atoms with Gasteiger partial charge in [0.25, 0.3) is 0 Å². The van der Waals surface area contributed by atoms with Crippen molar-refractivity contribution < 1.29 is 28.6 Å². The zero-order valence-corrected chi connectivity index (χ0v) is 41.8. The molecule has 0 N–H and O–H groups in total. The minimum absolute atomic E-state index is 0.0986. The summed E-state index contributed by atoms with van der Waals surface area (Å²) in [4.78, 5) is 38.0. The summed E-state index contributed by atoms with van der Waals surface area (Å²) in [5.74, 6) is -0.971. The summed E-state index contributed by atoms with van der Waals surface area (Å²) in [6, 6.07) is 0. The second-order valence-corrected chi connectivity index (χ2v) is 17.4. The first kappa shape index (κ1) is 60.6. The van der Waals surface area contributed by atoms with Crippen LogP contribution in [0.5, 0.6) is 0 Å².